The molecular formula is C47H60N8O5. The number of nitrogens with one attached hydrogen (secondary N) is 4. The molecule has 4 atom stereocenters. The quantitative estimate of drug-likeness (QED) is 0.0670. The van der Waals surface area contributed by atoms with Crippen LogP contribution in [0.3, 0.4) is 0 Å². The highest BCUT2D eigenvalue weighted by Crippen LogP contribution is 2.53. The number of carbonyl (C=O) groups is 1. The van der Waals surface area contributed by atoms with Crippen LogP contribution in [0.15, 0.2) is 79.0 Å². The first-order chi connectivity index (χ1) is 29.1. The van der Waals surface area contributed by atoms with E-state index in [-0.39, 0.29) is 11.9 Å². The van der Waals surface area contributed by atoms with Gasteiger partial charge in [0.2, 0.25) is 17.6 Å². The molecule has 0 radical (unpaired) electrons. The maximum atomic E-state index is 10.8. The van der Waals surface area contributed by atoms with Crippen molar-refractivity contribution >= 4 is 45.2 Å². The number of rotatable bonds is 13. The van der Waals surface area contributed by atoms with Gasteiger partial charge in [0, 0.05) is 72.3 Å². The first-order valence-corrected chi connectivity index (χ1v) is 20.6. The number of nitrogens with zero attached hydrogens (tertiary/aromatic N) is 2. The van der Waals surface area contributed by atoms with E-state index >= 15 is 0 Å². The summed E-state index contributed by atoms with van der Waals surface area (Å²) in [6.45, 7) is 8.08. The molecule has 8 N–H and O–H groups in total. The Bertz CT molecular complexity index is 2340. The van der Waals surface area contributed by atoms with Crippen molar-refractivity contribution in [2.24, 2.45) is 11.8 Å². The molecule has 13 heteroatoms. The number of hydrogen-bond donors (Lipinski definition) is 6. The van der Waals surface area contributed by atoms with Gasteiger partial charge in [0.05, 0.1) is 34.0 Å². The molecule has 13 nitrogen and oxygen atoms in total. The molecule has 4 unspecified atom stereocenters. The standard InChI is InChI=1S/C19H23N5O3.C15H21N.C13H16N2O2/c1-10-11(5-6-13-16(10)18(20)24-19(21)23-13)9-22-12-7-14(25-2)17(27-4)15(8-12)26-3;1-2-16-15-13-9-8-12(10-13)14(15)11-6-4-3-5-7-11;1-9(16)14-6-5-10-8-15-13-4-3-11(17-2)7-12(10)13/h5-8,22H,9H2,1-4H3,(H4,20,21,23,24);3-7,12-16H,2,8-10H2,1H3;3-4,7-8,15H,5-6H2,1-2H3,(H,14,16). The highest BCUT2D eigenvalue weighted by molar-refractivity contribution is 5.92. The Morgan fingerprint density at radius 2 is 1.60 bits per heavy atom. The fourth-order valence-electron chi connectivity index (χ4n) is 8.90. The number of nitrogens with two attached hydrogens (primary N) is 2. The van der Waals surface area contributed by atoms with Crippen molar-refractivity contribution in [2.75, 3.05) is 58.3 Å². The molecule has 2 saturated carbocycles. The number of aromatic nitrogens is 3. The van der Waals surface area contributed by atoms with E-state index in [9.17, 15) is 4.79 Å². The Kier molecular flexibility index (Phi) is 14.6. The van der Waals surface area contributed by atoms with Gasteiger partial charge in [0.25, 0.3) is 0 Å². The minimum absolute atomic E-state index is 0.00224. The first kappa shape index (κ1) is 43.4. The van der Waals surface area contributed by atoms with Crippen LogP contribution in [0.4, 0.5) is 17.5 Å². The number of hydrogen-bond acceptors (Lipinski definition) is 11. The van der Waals surface area contributed by atoms with Crippen LogP contribution in [0.25, 0.3) is 21.8 Å². The number of likely N-dealkylation sites (N-methyl/N-ethyl adjacent to an activating group) is 1. The summed E-state index contributed by atoms with van der Waals surface area (Å²) in [5.41, 5.74) is 19.2. The Hall–Kier alpha value is -6.21. The second-order valence-corrected chi connectivity index (χ2v) is 15.3. The Labute approximate surface area is 352 Å². The molecule has 2 fully saturated rings. The average molecular weight is 817 g/mol. The molecule has 2 aliphatic rings. The van der Waals surface area contributed by atoms with E-state index in [2.05, 4.69) is 68.2 Å². The third kappa shape index (κ3) is 9.96. The largest absolute Gasteiger partial charge is 0.497 e. The van der Waals surface area contributed by atoms with Crippen LogP contribution in [-0.2, 0) is 17.8 Å². The topological polar surface area (TPSA) is 184 Å². The molecule has 60 heavy (non-hydrogen) atoms. The molecule has 2 aliphatic carbocycles. The summed E-state index contributed by atoms with van der Waals surface area (Å²) < 4.78 is 21.3. The summed E-state index contributed by atoms with van der Waals surface area (Å²) in [5.74, 6) is 5.78. The molecule has 2 aromatic heterocycles. The van der Waals surface area contributed by atoms with Crippen LogP contribution in [0.5, 0.6) is 23.0 Å². The summed E-state index contributed by atoms with van der Waals surface area (Å²) >= 11 is 0. The normalized spacial score (nSPS) is 17.6. The third-order valence-electron chi connectivity index (χ3n) is 11.7. The Balaban J connectivity index is 0.000000158. The Morgan fingerprint density at radius 3 is 2.27 bits per heavy atom. The SMILES string of the molecule is CCNC1C2CCC(C2)C1c1ccccc1.COc1cc(NCc2ccc3nc(N)nc(N)c3c2C)cc(OC)c1OC.COc1ccc2[nH]cc(CCNC(C)=O)c2c1. The zero-order valence-electron chi connectivity index (χ0n) is 35.9. The average Bonchev–Trinajstić information content (AvgIpc) is 3.99. The zero-order valence-corrected chi connectivity index (χ0v) is 35.9. The number of carbonyl (C=O) groups excluding carboxylic acids is 1. The number of anilines is 3. The fourth-order valence-corrected chi connectivity index (χ4v) is 8.90. The Morgan fingerprint density at radius 1 is 0.867 bits per heavy atom. The molecule has 318 valence electrons. The maximum absolute atomic E-state index is 10.8. The number of aromatic amines is 1. The van der Waals surface area contributed by atoms with E-state index in [0.717, 1.165) is 81.1 Å². The van der Waals surface area contributed by atoms with Crippen LogP contribution >= 0.6 is 0 Å². The predicted octanol–water partition coefficient (Wildman–Crippen LogP) is 7.77. The van der Waals surface area contributed by atoms with E-state index < -0.39 is 0 Å². The van der Waals surface area contributed by atoms with E-state index in [1.165, 1.54) is 31.7 Å². The van der Waals surface area contributed by atoms with Gasteiger partial charge in [-0.2, -0.15) is 4.98 Å². The first-order valence-electron chi connectivity index (χ1n) is 20.6. The lowest BCUT2D eigenvalue weighted by molar-refractivity contribution is -0.118. The summed E-state index contributed by atoms with van der Waals surface area (Å²) in [6, 6.07) is 25.4. The highest BCUT2D eigenvalue weighted by atomic mass is 16.5. The summed E-state index contributed by atoms with van der Waals surface area (Å²) in [5, 5.41) is 11.9. The van der Waals surface area contributed by atoms with Crippen LogP contribution in [-0.4, -0.2) is 68.4 Å². The third-order valence-corrected chi connectivity index (χ3v) is 11.7. The number of fused-ring (bicyclic) bond motifs is 4. The van der Waals surface area contributed by atoms with Gasteiger partial charge in [0.1, 0.15) is 11.6 Å². The summed E-state index contributed by atoms with van der Waals surface area (Å²) in [7, 11) is 6.40. The van der Waals surface area contributed by atoms with Crippen LogP contribution in [0, 0.1) is 18.8 Å². The summed E-state index contributed by atoms with van der Waals surface area (Å²) in [6.07, 6.45) is 7.15. The molecule has 0 spiro atoms. The predicted molar refractivity (Wildman–Crippen MR) is 241 cm³/mol. The monoisotopic (exact) mass is 816 g/mol. The minimum atomic E-state index is 0.00224. The fraction of sp³-hybridized carbons (Fsp3) is 0.383. The van der Waals surface area contributed by atoms with Crippen LogP contribution in [0.1, 0.15) is 61.3 Å². The second kappa shape index (κ2) is 20.2. The molecule has 0 saturated heterocycles. The van der Waals surface area contributed by atoms with Crippen molar-refractivity contribution in [3.8, 4) is 23.0 Å². The van der Waals surface area contributed by atoms with Crippen molar-refractivity contribution in [3.63, 3.8) is 0 Å². The number of H-pyrrole nitrogens is 1. The molecule has 2 bridgehead atoms. The zero-order chi connectivity index (χ0) is 42.8. The van der Waals surface area contributed by atoms with Gasteiger partial charge in [-0.15, -0.1) is 0 Å². The molecular weight excluding hydrogens is 757 g/mol. The van der Waals surface area contributed by atoms with Gasteiger partial charge in [-0.1, -0.05) is 43.3 Å². The number of benzene rings is 4. The van der Waals surface area contributed by atoms with Gasteiger partial charge in [0.15, 0.2) is 11.5 Å². The molecule has 6 aromatic rings. The van der Waals surface area contributed by atoms with Crippen LogP contribution in [0.2, 0.25) is 0 Å². The van der Waals surface area contributed by atoms with Gasteiger partial charge in [-0.05, 0) is 97.5 Å². The number of nitrogen functional groups attached to an aromatic ring is 2. The van der Waals surface area contributed by atoms with Crippen LogP contribution < -0.4 is 46.4 Å². The molecule has 8 rings (SSSR count). The van der Waals surface area contributed by atoms with E-state index in [1.54, 1.807) is 34.0 Å². The molecule has 1 amide bonds. The lowest BCUT2D eigenvalue weighted by atomic mass is 9.80. The number of ether oxygens (including phenoxy) is 4. The van der Waals surface area contributed by atoms with Crippen molar-refractivity contribution in [1.29, 1.82) is 0 Å². The summed E-state index contributed by atoms with van der Waals surface area (Å²) in [4.78, 5) is 22.3. The minimum Gasteiger partial charge on any atom is -0.497 e. The van der Waals surface area contributed by atoms with Gasteiger partial charge in [-0.3, -0.25) is 4.79 Å². The van der Waals surface area contributed by atoms with E-state index in [1.807, 2.05) is 55.6 Å². The molecule has 0 aliphatic heterocycles. The van der Waals surface area contributed by atoms with Crippen molar-refractivity contribution in [2.45, 2.75) is 65.0 Å². The lowest BCUT2D eigenvalue weighted by Gasteiger charge is -2.32. The van der Waals surface area contributed by atoms with Crippen molar-refractivity contribution in [1.82, 2.24) is 25.6 Å². The smallest absolute Gasteiger partial charge is 0.222 e. The number of methoxy groups -OCH3 is 4. The molecule has 2 heterocycles. The van der Waals surface area contributed by atoms with E-state index in [0.29, 0.717) is 36.2 Å². The van der Waals surface area contributed by atoms with Gasteiger partial charge >= 0.3 is 0 Å². The maximum Gasteiger partial charge on any atom is 0.222 e. The van der Waals surface area contributed by atoms with Crippen molar-refractivity contribution in [3.05, 3.63) is 101 Å². The molecule has 4 aromatic carbocycles. The lowest BCUT2D eigenvalue weighted by Crippen LogP contribution is -2.39. The van der Waals surface area contributed by atoms with Crippen molar-refractivity contribution < 1.29 is 23.7 Å². The number of amides is 1. The second-order valence-electron chi connectivity index (χ2n) is 15.3. The van der Waals surface area contributed by atoms with Gasteiger partial charge < -0.3 is 51.3 Å². The highest BCUT2D eigenvalue weighted by Gasteiger charge is 2.47. The van der Waals surface area contributed by atoms with Gasteiger partial charge in [-0.25, -0.2) is 4.98 Å². The van der Waals surface area contributed by atoms with E-state index in [4.69, 9.17) is 30.4 Å². The number of aryl methyl sites for hydroxylation is 1.